The molecular weight excluding hydrogens is 472 g/mol. The zero-order valence-electron chi connectivity index (χ0n) is 20.3. The van der Waals surface area contributed by atoms with Crippen LogP contribution in [0.2, 0.25) is 0 Å². The Morgan fingerprint density at radius 1 is 0.972 bits per heavy atom. The van der Waals surface area contributed by atoms with Gasteiger partial charge in [0.05, 0.1) is 31.0 Å². The van der Waals surface area contributed by atoms with Gasteiger partial charge in [0.25, 0.3) is 0 Å². The summed E-state index contributed by atoms with van der Waals surface area (Å²) in [5.74, 6) is 0. The van der Waals surface area contributed by atoms with Crippen molar-refractivity contribution in [3.05, 3.63) is 90.0 Å². The molecule has 36 heavy (non-hydrogen) atoms. The van der Waals surface area contributed by atoms with E-state index >= 15 is 0 Å². The number of rotatable bonds is 5. The summed E-state index contributed by atoms with van der Waals surface area (Å²) in [7, 11) is 0. The number of nitrogens with one attached hydrogen (secondary N) is 1. The van der Waals surface area contributed by atoms with Gasteiger partial charge in [-0.2, -0.15) is 0 Å². The van der Waals surface area contributed by atoms with E-state index in [0.717, 1.165) is 49.1 Å². The van der Waals surface area contributed by atoms with Gasteiger partial charge in [0.1, 0.15) is 12.7 Å². The summed E-state index contributed by atoms with van der Waals surface area (Å²) in [5, 5.41) is 12.2. The molecule has 2 aliphatic heterocycles. The van der Waals surface area contributed by atoms with Crippen molar-refractivity contribution in [3.8, 4) is 0 Å². The van der Waals surface area contributed by atoms with Crippen LogP contribution in [-0.4, -0.2) is 55.9 Å². The van der Waals surface area contributed by atoms with Gasteiger partial charge in [0, 0.05) is 47.6 Å². The number of aryl methyl sites for hydroxylation is 1. The first-order chi connectivity index (χ1) is 17.6. The molecule has 3 aromatic heterocycles. The minimum Gasteiger partial charge on any atom is -0.378 e. The third-order valence-corrected chi connectivity index (χ3v) is 7.31. The van der Waals surface area contributed by atoms with Gasteiger partial charge in [0.15, 0.2) is 5.11 Å². The lowest BCUT2D eigenvalue weighted by Gasteiger charge is -2.31. The van der Waals surface area contributed by atoms with Gasteiger partial charge in [-0.1, -0.05) is 6.07 Å². The highest BCUT2D eigenvalue weighted by Gasteiger charge is 2.42. The summed E-state index contributed by atoms with van der Waals surface area (Å²) in [6.07, 6.45) is 5.25. The van der Waals surface area contributed by atoms with Crippen LogP contribution >= 0.6 is 12.2 Å². The fraction of sp³-hybridized carbons (Fsp3) is 0.308. The molecule has 0 unspecified atom stereocenters. The van der Waals surface area contributed by atoms with E-state index in [2.05, 4.69) is 85.2 Å². The van der Waals surface area contributed by atoms with Crippen LogP contribution in [0.1, 0.15) is 34.7 Å². The Kier molecular flexibility index (Phi) is 5.90. The number of anilines is 2. The summed E-state index contributed by atoms with van der Waals surface area (Å²) in [5.41, 5.74) is 6.54. The van der Waals surface area contributed by atoms with Gasteiger partial charge in [-0.3, -0.25) is 9.66 Å². The van der Waals surface area contributed by atoms with E-state index in [4.69, 9.17) is 17.0 Å². The lowest BCUT2D eigenvalue weighted by Crippen LogP contribution is -2.36. The number of nitrogens with zero attached hydrogens (tertiary/aromatic N) is 7. The average molecular weight is 501 g/mol. The van der Waals surface area contributed by atoms with E-state index in [9.17, 15) is 0 Å². The van der Waals surface area contributed by atoms with Gasteiger partial charge in [-0.25, -0.2) is 4.68 Å². The minimum atomic E-state index is -0.104. The van der Waals surface area contributed by atoms with Crippen LogP contribution in [0.15, 0.2) is 67.4 Å². The van der Waals surface area contributed by atoms with Crippen LogP contribution in [0.5, 0.6) is 0 Å². The van der Waals surface area contributed by atoms with Crippen molar-refractivity contribution < 1.29 is 4.74 Å². The Morgan fingerprint density at radius 3 is 2.39 bits per heavy atom. The van der Waals surface area contributed by atoms with E-state index in [-0.39, 0.29) is 12.1 Å². The molecular formula is C26H28N8OS. The average Bonchev–Trinajstić information content (AvgIpc) is 3.63. The molecule has 2 atom stereocenters. The first-order valence-corrected chi connectivity index (χ1v) is 12.5. The van der Waals surface area contributed by atoms with Gasteiger partial charge in [-0.15, -0.1) is 10.2 Å². The number of hydrogen-bond acceptors (Lipinski definition) is 6. The van der Waals surface area contributed by atoms with Crippen LogP contribution in [0.25, 0.3) is 0 Å². The molecule has 0 saturated carbocycles. The highest BCUT2D eigenvalue weighted by Crippen LogP contribution is 2.43. The summed E-state index contributed by atoms with van der Waals surface area (Å²) < 4.78 is 9.53. The molecule has 2 saturated heterocycles. The Morgan fingerprint density at radius 2 is 1.69 bits per heavy atom. The molecule has 0 amide bonds. The molecule has 184 valence electrons. The second-order valence-corrected chi connectivity index (χ2v) is 9.48. The van der Waals surface area contributed by atoms with Crippen molar-refractivity contribution in [2.45, 2.75) is 25.9 Å². The van der Waals surface area contributed by atoms with E-state index in [1.165, 1.54) is 11.3 Å². The molecule has 5 heterocycles. The topological polar surface area (TPSA) is 76.3 Å². The molecule has 9 nitrogen and oxygen atoms in total. The van der Waals surface area contributed by atoms with Crippen LogP contribution in [0, 0.1) is 13.8 Å². The number of ether oxygens (including phenoxy) is 1. The van der Waals surface area contributed by atoms with E-state index in [1.807, 2.05) is 23.0 Å². The molecule has 2 fully saturated rings. The lowest BCUT2D eigenvalue weighted by molar-refractivity contribution is 0.122. The van der Waals surface area contributed by atoms with Crippen molar-refractivity contribution >= 4 is 28.7 Å². The van der Waals surface area contributed by atoms with Crippen molar-refractivity contribution in [2.24, 2.45) is 0 Å². The summed E-state index contributed by atoms with van der Waals surface area (Å²) in [6, 6.07) is 16.7. The van der Waals surface area contributed by atoms with E-state index in [1.54, 1.807) is 12.7 Å². The molecule has 4 aromatic rings. The molecule has 0 bridgehead atoms. The second kappa shape index (κ2) is 9.36. The third-order valence-electron chi connectivity index (χ3n) is 6.99. The Hall–Kier alpha value is -3.76. The van der Waals surface area contributed by atoms with E-state index < -0.39 is 0 Å². The summed E-state index contributed by atoms with van der Waals surface area (Å²) >= 11 is 5.93. The minimum absolute atomic E-state index is 0.0851. The maximum absolute atomic E-state index is 5.93. The number of aromatic nitrogens is 5. The van der Waals surface area contributed by atoms with Crippen molar-refractivity contribution in [3.63, 3.8) is 0 Å². The van der Waals surface area contributed by atoms with Crippen LogP contribution in [0.4, 0.5) is 11.4 Å². The van der Waals surface area contributed by atoms with Crippen LogP contribution in [-0.2, 0) is 4.74 Å². The highest BCUT2D eigenvalue weighted by molar-refractivity contribution is 7.80. The first-order valence-electron chi connectivity index (χ1n) is 12.1. The lowest BCUT2D eigenvalue weighted by atomic mass is 9.96. The van der Waals surface area contributed by atoms with Crippen molar-refractivity contribution in [1.29, 1.82) is 0 Å². The Labute approximate surface area is 215 Å². The number of morpholine rings is 1. The Balaban J connectivity index is 1.43. The molecule has 6 rings (SSSR count). The number of benzene rings is 1. The molecule has 1 aromatic carbocycles. The highest BCUT2D eigenvalue weighted by atomic mass is 32.1. The smallest absolute Gasteiger partial charge is 0.174 e. The SMILES string of the molecule is Cc1cc([C@@H]2[C@@H](c3ccccn3)NC(=S)N2c2ccc(N3CCOCC3)cc2)c(C)n1-n1cnnc1. The van der Waals surface area contributed by atoms with Gasteiger partial charge < -0.3 is 19.9 Å². The third kappa shape index (κ3) is 3.92. The molecule has 10 heteroatoms. The summed E-state index contributed by atoms with van der Waals surface area (Å²) in [6.45, 7) is 7.55. The molecule has 2 aliphatic rings. The zero-order valence-corrected chi connectivity index (χ0v) is 21.1. The molecule has 0 radical (unpaired) electrons. The van der Waals surface area contributed by atoms with Crippen LogP contribution in [0.3, 0.4) is 0 Å². The maximum atomic E-state index is 5.93. The quantitative estimate of drug-likeness (QED) is 0.418. The first kappa shape index (κ1) is 22.7. The number of pyridine rings is 1. The zero-order chi connectivity index (χ0) is 24.6. The predicted molar refractivity (Wildman–Crippen MR) is 142 cm³/mol. The van der Waals surface area contributed by atoms with Crippen LogP contribution < -0.4 is 15.1 Å². The number of hydrogen-bond donors (Lipinski definition) is 1. The maximum Gasteiger partial charge on any atom is 0.174 e. The van der Waals surface area contributed by atoms with Gasteiger partial charge >= 0.3 is 0 Å². The Bertz CT molecular complexity index is 1350. The number of thiocarbonyl (C=S) groups is 1. The predicted octanol–water partition coefficient (Wildman–Crippen LogP) is 3.42. The second-order valence-electron chi connectivity index (χ2n) is 9.09. The monoisotopic (exact) mass is 500 g/mol. The molecule has 0 spiro atoms. The fourth-order valence-corrected chi connectivity index (χ4v) is 5.67. The van der Waals surface area contributed by atoms with Gasteiger partial charge in [0.2, 0.25) is 0 Å². The van der Waals surface area contributed by atoms with Gasteiger partial charge in [-0.05, 0) is 68.5 Å². The van der Waals surface area contributed by atoms with Crippen molar-refractivity contribution in [1.82, 2.24) is 29.9 Å². The van der Waals surface area contributed by atoms with E-state index in [0.29, 0.717) is 5.11 Å². The fourth-order valence-electron chi connectivity index (χ4n) is 5.33. The summed E-state index contributed by atoms with van der Waals surface area (Å²) in [4.78, 5) is 9.26. The largest absolute Gasteiger partial charge is 0.378 e. The van der Waals surface area contributed by atoms with Crippen molar-refractivity contribution in [2.75, 3.05) is 36.1 Å². The normalized spacial score (nSPS) is 20.1. The standard InChI is InChI=1S/C26H28N8OS/c1-18-15-22(19(2)34(18)32-16-28-29-17-32)25-24(23-5-3-4-10-27-23)30-26(36)33(25)21-8-6-20(7-9-21)31-11-13-35-14-12-31/h3-10,15-17,24-25H,11-14H2,1-2H3,(H,30,36)/t24-,25-/m1/s1. The molecule has 0 aliphatic carbocycles. The molecule has 1 N–H and O–H groups in total.